The minimum absolute atomic E-state index is 0.233. The van der Waals surface area contributed by atoms with E-state index in [1.165, 1.54) is 21.1 Å². The van der Waals surface area contributed by atoms with Crippen molar-refractivity contribution in [1.29, 1.82) is 0 Å². The van der Waals surface area contributed by atoms with E-state index in [1.807, 2.05) is 37.3 Å². The largest absolute Gasteiger partial charge is 0.419 e. The molecule has 1 unspecified atom stereocenters. The SMILES string of the molecule is CN=C(c1ccccc1)C(OC)(OC(C)=O)C(=O)c1ccc(C)cc1. The molecule has 0 aliphatic rings. The van der Waals surface area contributed by atoms with Gasteiger partial charge in [0.25, 0.3) is 0 Å². The second kappa shape index (κ2) is 7.85. The summed E-state index contributed by atoms with van der Waals surface area (Å²) in [6, 6.07) is 16.0. The number of nitrogens with zero attached hydrogens (tertiary/aromatic N) is 1. The smallest absolute Gasteiger partial charge is 0.322 e. The van der Waals surface area contributed by atoms with E-state index in [1.54, 1.807) is 24.3 Å². The van der Waals surface area contributed by atoms with Crippen LogP contribution in [0.25, 0.3) is 0 Å². The number of esters is 1. The number of aliphatic imine (C=N–C) groups is 1. The van der Waals surface area contributed by atoms with Crippen molar-refractivity contribution in [2.24, 2.45) is 4.99 Å². The number of ketones is 1. The fraction of sp³-hybridized carbons (Fsp3) is 0.250. The maximum Gasteiger partial charge on any atom is 0.322 e. The molecule has 0 bridgehead atoms. The van der Waals surface area contributed by atoms with Crippen LogP contribution < -0.4 is 0 Å². The minimum atomic E-state index is -1.95. The van der Waals surface area contributed by atoms with Crippen LogP contribution in [0, 0.1) is 6.92 Å². The average molecular weight is 339 g/mol. The fourth-order valence-corrected chi connectivity index (χ4v) is 2.59. The van der Waals surface area contributed by atoms with Crippen molar-refractivity contribution >= 4 is 17.5 Å². The highest BCUT2D eigenvalue weighted by atomic mass is 16.7. The summed E-state index contributed by atoms with van der Waals surface area (Å²) in [5, 5.41) is 0. The van der Waals surface area contributed by atoms with Gasteiger partial charge in [0.2, 0.25) is 5.78 Å². The molecular weight excluding hydrogens is 318 g/mol. The normalized spacial score (nSPS) is 13.8. The lowest BCUT2D eigenvalue weighted by Gasteiger charge is -2.31. The Morgan fingerprint density at radius 2 is 1.56 bits per heavy atom. The van der Waals surface area contributed by atoms with Gasteiger partial charge in [0.15, 0.2) is 0 Å². The van der Waals surface area contributed by atoms with Gasteiger partial charge in [-0.3, -0.25) is 14.6 Å². The maximum atomic E-state index is 13.2. The van der Waals surface area contributed by atoms with Crippen molar-refractivity contribution in [1.82, 2.24) is 0 Å². The number of Topliss-reactive ketones (excluding diaryl/α,β-unsaturated/α-hetero) is 1. The predicted octanol–water partition coefficient (Wildman–Crippen LogP) is 3.20. The van der Waals surface area contributed by atoms with E-state index in [0.717, 1.165) is 5.56 Å². The molecule has 0 saturated heterocycles. The van der Waals surface area contributed by atoms with Crippen LogP contribution >= 0.6 is 0 Å². The minimum Gasteiger partial charge on any atom is -0.419 e. The van der Waals surface area contributed by atoms with Crippen LogP contribution in [0.1, 0.15) is 28.4 Å². The lowest BCUT2D eigenvalue weighted by atomic mass is 9.93. The lowest BCUT2D eigenvalue weighted by Crippen LogP contribution is -2.52. The summed E-state index contributed by atoms with van der Waals surface area (Å²) in [5.74, 6) is -3.08. The van der Waals surface area contributed by atoms with Crippen molar-refractivity contribution in [2.45, 2.75) is 19.6 Å². The van der Waals surface area contributed by atoms with Crippen LogP contribution in [0.2, 0.25) is 0 Å². The molecule has 0 saturated carbocycles. The van der Waals surface area contributed by atoms with E-state index in [0.29, 0.717) is 11.1 Å². The van der Waals surface area contributed by atoms with Gasteiger partial charge >= 0.3 is 11.8 Å². The number of benzene rings is 2. The molecule has 0 aliphatic heterocycles. The molecule has 0 amide bonds. The van der Waals surface area contributed by atoms with Gasteiger partial charge in [-0.25, -0.2) is 0 Å². The fourth-order valence-electron chi connectivity index (χ4n) is 2.59. The van der Waals surface area contributed by atoms with Crippen molar-refractivity contribution in [3.63, 3.8) is 0 Å². The van der Waals surface area contributed by atoms with Gasteiger partial charge in [-0.1, -0.05) is 60.2 Å². The Bertz CT molecular complexity index is 781. The first-order valence-corrected chi connectivity index (χ1v) is 7.83. The van der Waals surface area contributed by atoms with E-state index in [4.69, 9.17) is 9.47 Å². The van der Waals surface area contributed by atoms with Gasteiger partial charge in [0.05, 0.1) is 0 Å². The number of hydrogen-bond acceptors (Lipinski definition) is 5. The molecule has 5 nitrogen and oxygen atoms in total. The first-order chi connectivity index (χ1) is 11.9. The molecule has 0 aliphatic carbocycles. The van der Waals surface area contributed by atoms with Crippen molar-refractivity contribution < 1.29 is 19.1 Å². The van der Waals surface area contributed by atoms with Crippen LogP contribution in [-0.4, -0.2) is 37.4 Å². The number of rotatable bonds is 6. The molecule has 1 atom stereocenters. The van der Waals surface area contributed by atoms with E-state index in [9.17, 15) is 9.59 Å². The molecule has 0 spiro atoms. The highest BCUT2D eigenvalue weighted by Gasteiger charge is 2.48. The molecule has 5 heteroatoms. The third-order valence-electron chi connectivity index (χ3n) is 3.77. The molecule has 0 fully saturated rings. The number of methoxy groups -OCH3 is 1. The summed E-state index contributed by atoms with van der Waals surface area (Å²) in [4.78, 5) is 29.2. The van der Waals surface area contributed by atoms with E-state index in [-0.39, 0.29) is 5.71 Å². The number of hydrogen-bond donors (Lipinski definition) is 0. The molecule has 0 aromatic heterocycles. The molecule has 2 rings (SSSR count). The van der Waals surface area contributed by atoms with Gasteiger partial charge in [-0.05, 0) is 6.92 Å². The average Bonchev–Trinajstić information content (AvgIpc) is 2.62. The molecule has 2 aromatic carbocycles. The van der Waals surface area contributed by atoms with Gasteiger partial charge in [0.1, 0.15) is 5.71 Å². The number of ether oxygens (including phenoxy) is 2. The summed E-state index contributed by atoms with van der Waals surface area (Å²) in [5.41, 5.74) is 2.25. The quantitative estimate of drug-likeness (QED) is 0.351. The second-order valence-electron chi connectivity index (χ2n) is 5.55. The molecule has 25 heavy (non-hydrogen) atoms. The first-order valence-electron chi connectivity index (χ1n) is 7.83. The Morgan fingerprint density at radius 1 is 0.960 bits per heavy atom. The molecule has 130 valence electrons. The van der Waals surface area contributed by atoms with E-state index in [2.05, 4.69) is 4.99 Å². The zero-order chi connectivity index (χ0) is 18.4. The number of carbonyl (C=O) groups excluding carboxylic acids is 2. The predicted molar refractivity (Wildman–Crippen MR) is 95.9 cm³/mol. The highest BCUT2D eigenvalue weighted by molar-refractivity contribution is 6.24. The van der Waals surface area contributed by atoms with Crippen LogP contribution in [0.4, 0.5) is 0 Å². The van der Waals surface area contributed by atoms with Crippen molar-refractivity contribution in [2.75, 3.05) is 14.2 Å². The highest BCUT2D eigenvalue weighted by Crippen LogP contribution is 2.26. The molecular formula is C20H21NO4. The standard InChI is InChI=1S/C20H21NO4/c1-14-10-12-17(13-11-14)19(23)20(24-4,25-15(2)22)18(21-3)16-8-6-5-7-9-16/h5-13H,1-4H3. The van der Waals surface area contributed by atoms with Crippen molar-refractivity contribution in [3.8, 4) is 0 Å². The summed E-state index contributed by atoms with van der Waals surface area (Å²) < 4.78 is 10.9. The summed E-state index contributed by atoms with van der Waals surface area (Å²) >= 11 is 0. The second-order valence-corrected chi connectivity index (χ2v) is 5.55. The monoisotopic (exact) mass is 339 g/mol. The van der Waals surface area contributed by atoms with Gasteiger partial charge in [-0.2, -0.15) is 0 Å². The van der Waals surface area contributed by atoms with Gasteiger partial charge < -0.3 is 9.47 Å². The first kappa shape index (κ1) is 18.5. The zero-order valence-electron chi connectivity index (χ0n) is 14.8. The van der Waals surface area contributed by atoms with Crippen LogP contribution in [-0.2, 0) is 14.3 Å². The third kappa shape index (κ3) is 3.83. The molecule has 0 heterocycles. The Hall–Kier alpha value is -2.79. The molecule has 2 aromatic rings. The topological polar surface area (TPSA) is 65.0 Å². The Labute approximate surface area is 147 Å². The number of aryl methyl sites for hydroxylation is 1. The zero-order valence-corrected chi connectivity index (χ0v) is 14.8. The van der Waals surface area contributed by atoms with Gasteiger partial charge in [0, 0.05) is 32.2 Å². The third-order valence-corrected chi connectivity index (χ3v) is 3.77. The molecule has 0 N–H and O–H groups in total. The van der Waals surface area contributed by atoms with E-state index >= 15 is 0 Å². The van der Waals surface area contributed by atoms with Gasteiger partial charge in [-0.15, -0.1) is 0 Å². The summed E-state index contributed by atoms with van der Waals surface area (Å²) in [7, 11) is 2.85. The Morgan fingerprint density at radius 3 is 2.04 bits per heavy atom. The van der Waals surface area contributed by atoms with E-state index < -0.39 is 17.5 Å². The Kier molecular flexibility index (Phi) is 5.83. The Balaban J connectivity index is 2.62. The number of carbonyl (C=O) groups is 2. The van der Waals surface area contributed by atoms with Crippen LogP contribution in [0.5, 0.6) is 0 Å². The molecule has 0 radical (unpaired) electrons. The maximum absolute atomic E-state index is 13.2. The summed E-state index contributed by atoms with van der Waals surface area (Å²) in [6.07, 6.45) is 0. The summed E-state index contributed by atoms with van der Waals surface area (Å²) in [6.45, 7) is 3.15. The van der Waals surface area contributed by atoms with Crippen LogP contribution in [0.3, 0.4) is 0 Å². The van der Waals surface area contributed by atoms with Crippen LogP contribution in [0.15, 0.2) is 59.6 Å². The lowest BCUT2D eigenvalue weighted by molar-refractivity contribution is -0.175. The van der Waals surface area contributed by atoms with Crippen molar-refractivity contribution in [3.05, 3.63) is 71.3 Å².